The highest BCUT2D eigenvalue weighted by Gasteiger charge is 2.10. The van der Waals surface area contributed by atoms with Crippen molar-refractivity contribution in [1.29, 1.82) is 0 Å². The zero-order valence-corrected chi connectivity index (χ0v) is 16.9. The number of rotatable bonds is 10. The summed E-state index contributed by atoms with van der Waals surface area (Å²) >= 11 is 0. The Morgan fingerprint density at radius 2 is 2.04 bits per heavy atom. The summed E-state index contributed by atoms with van der Waals surface area (Å²) in [7, 11) is 1.79. The third-order valence-electron chi connectivity index (χ3n) is 4.41. The molecule has 0 bridgehead atoms. The molecule has 0 radical (unpaired) electrons. The third-order valence-corrected chi connectivity index (χ3v) is 4.41. The number of nitrogens with zero attached hydrogens (tertiary/aromatic N) is 2. The maximum atomic E-state index is 5.90. The van der Waals surface area contributed by atoms with Crippen LogP contribution in [0.3, 0.4) is 0 Å². The molecule has 1 saturated heterocycles. The fraction of sp³-hybridized carbons (Fsp3) is 0.650. The first kappa shape index (κ1) is 21.5. The number of benzene rings is 1. The Hall–Kier alpha value is -1.83. The number of aryl methyl sites for hydroxylation is 1. The van der Waals surface area contributed by atoms with E-state index in [4.69, 9.17) is 14.2 Å². The van der Waals surface area contributed by atoms with Gasteiger partial charge in [0.2, 0.25) is 0 Å². The van der Waals surface area contributed by atoms with Crippen LogP contribution in [-0.2, 0) is 16.0 Å². The van der Waals surface area contributed by atoms with Crippen LogP contribution in [0.5, 0.6) is 5.75 Å². The van der Waals surface area contributed by atoms with Gasteiger partial charge in [0.05, 0.1) is 19.8 Å². The van der Waals surface area contributed by atoms with Gasteiger partial charge in [-0.3, -0.25) is 9.89 Å². The molecule has 1 heterocycles. The largest absolute Gasteiger partial charge is 0.491 e. The molecule has 2 rings (SSSR count). The maximum Gasteiger partial charge on any atom is 0.191 e. The van der Waals surface area contributed by atoms with Gasteiger partial charge in [-0.05, 0) is 25.5 Å². The number of ether oxygens (including phenoxy) is 3. The van der Waals surface area contributed by atoms with Crippen LogP contribution in [0.1, 0.15) is 18.1 Å². The Bertz CT molecular complexity index is 574. The second-order valence-electron chi connectivity index (χ2n) is 6.46. The van der Waals surface area contributed by atoms with Crippen LogP contribution < -0.4 is 15.4 Å². The molecule has 0 aliphatic carbocycles. The van der Waals surface area contributed by atoms with E-state index in [2.05, 4.69) is 45.6 Å². The molecule has 1 aromatic carbocycles. The highest BCUT2D eigenvalue weighted by Crippen LogP contribution is 2.20. The summed E-state index contributed by atoms with van der Waals surface area (Å²) in [6, 6.07) is 6.26. The minimum absolute atomic E-state index is 0.552. The molecule has 0 spiro atoms. The van der Waals surface area contributed by atoms with E-state index in [0.29, 0.717) is 26.4 Å². The number of morpholine rings is 1. The summed E-state index contributed by atoms with van der Waals surface area (Å²) in [6.45, 7) is 12.1. The SMILES string of the molecule is CCOCCOc1cc(C)ccc1CNC(=NC)NCCN1CCOCC1. The summed E-state index contributed by atoms with van der Waals surface area (Å²) < 4.78 is 16.6. The normalized spacial score (nSPS) is 15.6. The first-order valence-corrected chi connectivity index (χ1v) is 9.77. The zero-order valence-electron chi connectivity index (χ0n) is 16.9. The van der Waals surface area contributed by atoms with Gasteiger partial charge in [0.15, 0.2) is 5.96 Å². The molecule has 0 unspecified atom stereocenters. The van der Waals surface area contributed by atoms with Crippen molar-refractivity contribution in [2.45, 2.75) is 20.4 Å². The van der Waals surface area contributed by atoms with Crippen LogP contribution in [0, 0.1) is 6.92 Å². The van der Waals surface area contributed by atoms with E-state index >= 15 is 0 Å². The van der Waals surface area contributed by atoms with Gasteiger partial charge in [-0.1, -0.05) is 12.1 Å². The second-order valence-corrected chi connectivity index (χ2v) is 6.46. The smallest absolute Gasteiger partial charge is 0.191 e. The Labute approximate surface area is 163 Å². The lowest BCUT2D eigenvalue weighted by Gasteiger charge is -2.26. The van der Waals surface area contributed by atoms with Gasteiger partial charge in [0.25, 0.3) is 0 Å². The number of hydrogen-bond donors (Lipinski definition) is 2. The molecule has 0 atom stereocenters. The van der Waals surface area contributed by atoms with Gasteiger partial charge in [-0.25, -0.2) is 0 Å². The fourth-order valence-electron chi connectivity index (χ4n) is 2.85. The fourth-order valence-corrected chi connectivity index (χ4v) is 2.85. The average molecular weight is 379 g/mol. The molecule has 7 heteroatoms. The average Bonchev–Trinajstić information content (AvgIpc) is 2.69. The molecule has 7 nitrogen and oxygen atoms in total. The first-order chi connectivity index (χ1) is 13.2. The van der Waals surface area contributed by atoms with E-state index in [1.165, 1.54) is 5.56 Å². The summed E-state index contributed by atoms with van der Waals surface area (Å²) in [4.78, 5) is 6.71. The van der Waals surface area contributed by atoms with Gasteiger partial charge in [-0.15, -0.1) is 0 Å². The van der Waals surface area contributed by atoms with Crippen molar-refractivity contribution in [2.75, 3.05) is 66.3 Å². The van der Waals surface area contributed by atoms with E-state index in [-0.39, 0.29) is 0 Å². The number of guanidine groups is 1. The molecule has 152 valence electrons. The number of hydrogen-bond acceptors (Lipinski definition) is 5. The van der Waals surface area contributed by atoms with Crippen LogP contribution in [0.4, 0.5) is 0 Å². The summed E-state index contributed by atoms with van der Waals surface area (Å²) in [6.07, 6.45) is 0. The van der Waals surface area contributed by atoms with Gasteiger partial charge in [-0.2, -0.15) is 0 Å². The molecule has 0 saturated carbocycles. The van der Waals surface area contributed by atoms with Crippen LogP contribution >= 0.6 is 0 Å². The van der Waals surface area contributed by atoms with Crippen molar-refractivity contribution in [3.05, 3.63) is 29.3 Å². The van der Waals surface area contributed by atoms with Crippen molar-refractivity contribution in [3.63, 3.8) is 0 Å². The predicted molar refractivity (Wildman–Crippen MR) is 109 cm³/mol. The second kappa shape index (κ2) is 12.5. The van der Waals surface area contributed by atoms with Gasteiger partial charge in [0.1, 0.15) is 12.4 Å². The highest BCUT2D eigenvalue weighted by molar-refractivity contribution is 5.79. The molecule has 1 aliphatic heterocycles. The quantitative estimate of drug-likeness (QED) is 0.365. The van der Waals surface area contributed by atoms with E-state index in [9.17, 15) is 0 Å². The van der Waals surface area contributed by atoms with Crippen LogP contribution in [0.25, 0.3) is 0 Å². The van der Waals surface area contributed by atoms with Gasteiger partial charge < -0.3 is 24.8 Å². The van der Waals surface area contributed by atoms with Gasteiger partial charge in [0, 0.05) is 51.9 Å². The number of aliphatic imine (C=N–C) groups is 1. The zero-order chi connectivity index (χ0) is 19.3. The summed E-state index contributed by atoms with van der Waals surface area (Å²) in [5, 5.41) is 6.74. The minimum atomic E-state index is 0.552. The Morgan fingerprint density at radius 3 is 2.78 bits per heavy atom. The Kier molecular flexibility index (Phi) is 9.97. The molecule has 1 aromatic rings. The lowest BCUT2D eigenvalue weighted by Crippen LogP contribution is -2.44. The van der Waals surface area contributed by atoms with Crippen molar-refractivity contribution < 1.29 is 14.2 Å². The maximum absolute atomic E-state index is 5.90. The van der Waals surface area contributed by atoms with E-state index < -0.39 is 0 Å². The molecule has 27 heavy (non-hydrogen) atoms. The molecule has 0 aromatic heterocycles. The molecule has 1 fully saturated rings. The molecule has 2 N–H and O–H groups in total. The monoisotopic (exact) mass is 378 g/mol. The topological polar surface area (TPSA) is 67.4 Å². The minimum Gasteiger partial charge on any atom is -0.491 e. The standard InChI is InChI=1S/C20H34N4O3/c1-4-25-13-14-27-19-15-17(2)5-6-18(19)16-23-20(21-3)22-7-8-24-9-11-26-12-10-24/h5-6,15H,4,7-14,16H2,1-3H3,(H2,21,22,23). The number of nitrogens with one attached hydrogen (secondary N) is 2. The van der Waals surface area contributed by atoms with E-state index in [1.807, 2.05) is 6.92 Å². The molecule has 0 amide bonds. The Balaban J connectivity index is 1.78. The van der Waals surface area contributed by atoms with Crippen molar-refractivity contribution >= 4 is 5.96 Å². The van der Waals surface area contributed by atoms with Crippen LogP contribution in [-0.4, -0.2) is 77.1 Å². The van der Waals surface area contributed by atoms with Crippen molar-refractivity contribution in [1.82, 2.24) is 15.5 Å². The van der Waals surface area contributed by atoms with Crippen LogP contribution in [0.15, 0.2) is 23.2 Å². The van der Waals surface area contributed by atoms with Gasteiger partial charge >= 0.3 is 0 Å². The summed E-state index contributed by atoms with van der Waals surface area (Å²) in [5.41, 5.74) is 2.28. The van der Waals surface area contributed by atoms with E-state index in [1.54, 1.807) is 7.05 Å². The summed E-state index contributed by atoms with van der Waals surface area (Å²) in [5.74, 6) is 1.69. The molecular formula is C20H34N4O3. The van der Waals surface area contributed by atoms with Crippen LogP contribution in [0.2, 0.25) is 0 Å². The lowest BCUT2D eigenvalue weighted by molar-refractivity contribution is 0.0389. The molecule has 1 aliphatic rings. The van der Waals surface area contributed by atoms with Crippen molar-refractivity contribution in [2.24, 2.45) is 4.99 Å². The Morgan fingerprint density at radius 1 is 1.22 bits per heavy atom. The van der Waals surface area contributed by atoms with E-state index in [0.717, 1.165) is 56.7 Å². The highest BCUT2D eigenvalue weighted by atomic mass is 16.5. The van der Waals surface area contributed by atoms with Crippen molar-refractivity contribution in [3.8, 4) is 5.75 Å². The first-order valence-electron chi connectivity index (χ1n) is 9.77. The molecular weight excluding hydrogens is 344 g/mol. The lowest BCUT2D eigenvalue weighted by atomic mass is 10.1. The predicted octanol–water partition coefficient (Wildman–Crippen LogP) is 1.41. The third kappa shape index (κ3) is 8.15.